The van der Waals surface area contributed by atoms with Gasteiger partial charge in [-0.25, -0.2) is 4.79 Å². The van der Waals surface area contributed by atoms with Crippen LogP contribution in [0.15, 0.2) is 48.8 Å². The van der Waals surface area contributed by atoms with E-state index >= 15 is 0 Å². The van der Waals surface area contributed by atoms with Gasteiger partial charge in [-0.15, -0.1) is 0 Å². The van der Waals surface area contributed by atoms with E-state index in [1.807, 2.05) is 12.1 Å². The first-order chi connectivity index (χ1) is 12.6. The molecule has 26 heavy (non-hydrogen) atoms. The first-order valence-corrected chi connectivity index (χ1v) is 8.43. The number of nitro groups is 1. The summed E-state index contributed by atoms with van der Waals surface area (Å²) < 4.78 is 5.65. The maximum atomic E-state index is 12.8. The van der Waals surface area contributed by atoms with Gasteiger partial charge in [-0.2, -0.15) is 0 Å². The van der Waals surface area contributed by atoms with Crippen molar-refractivity contribution in [2.75, 3.05) is 18.5 Å². The molecule has 2 amide bonds. The average molecular weight is 356 g/mol. The van der Waals surface area contributed by atoms with E-state index in [2.05, 4.69) is 10.3 Å². The van der Waals surface area contributed by atoms with E-state index in [1.165, 1.54) is 12.1 Å². The highest BCUT2D eigenvalue weighted by molar-refractivity contribution is 5.89. The van der Waals surface area contributed by atoms with Gasteiger partial charge in [0.25, 0.3) is 5.69 Å². The molecule has 0 saturated carbocycles. The summed E-state index contributed by atoms with van der Waals surface area (Å²) in [6.45, 7) is 1.58. The molecule has 1 aromatic heterocycles. The van der Waals surface area contributed by atoms with Gasteiger partial charge >= 0.3 is 6.03 Å². The zero-order chi connectivity index (χ0) is 18.4. The Bertz CT molecular complexity index is 763. The summed E-state index contributed by atoms with van der Waals surface area (Å²) in [6, 6.07) is 9.28. The normalized spacial score (nSPS) is 16.2. The third kappa shape index (κ3) is 4.76. The predicted molar refractivity (Wildman–Crippen MR) is 95.7 cm³/mol. The summed E-state index contributed by atoms with van der Waals surface area (Å²) in [6.07, 6.45) is 5.26. The molecule has 1 N–H and O–H groups in total. The Kier molecular flexibility index (Phi) is 5.75. The van der Waals surface area contributed by atoms with Crippen molar-refractivity contribution in [1.29, 1.82) is 0 Å². The lowest BCUT2D eigenvalue weighted by atomic mass is 10.2. The Hall–Kier alpha value is -3.00. The number of nitro benzene ring substituents is 1. The van der Waals surface area contributed by atoms with Crippen molar-refractivity contribution in [3.8, 4) is 0 Å². The van der Waals surface area contributed by atoms with Crippen LogP contribution in [0.3, 0.4) is 0 Å². The molecule has 8 heteroatoms. The average Bonchev–Trinajstić information content (AvgIpc) is 3.15. The van der Waals surface area contributed by atoms with Crippen LogP contribution in [0.5, 0.6) is 0 Å². The van der Waals surface area contributed by atoms with E-state index in [4.69, 9.17) is 4.74 Å². The van der Waals surface area contributed by atoms with Crippen molar-refractivity contribution in [2.24, 2.45) is 0 Å². The largest absolute Gasteiger partial charge is 0.376 e. The molecule has 3 rings (SSSR count). The summed E-state index contributed by atoms with van der Waals surface area (Å²) in [5.41, 5.74) is 1.27. The minimum Gasteiger partial charge on any atom is -0.376 e. The first kappa shape index (κ1) is 17.8. The van der Waals surface area contributed by atoms with E-state index in [0.717, 1.165) is 18.4 Å². The topological polar surface area (TPSA) is 97.6 Å². The second-order valence-corrected chi connectivity index (χ2v) is 6.11. The summed E-state index contributed by atoms with van der Waals surface area (Å²) in [7, 11) is 0. The second-order valence-electron chi connectivity index (χ2n) is 6.11. The van der Waals surface area contributed by atoms with Crippen LogP contribution in [-0.4, -0.2) is 40.1 Å². The van der Waals surface area contributed by atoms with Gasteiger partial charge in [0.05, 0.1) is 11.0 Å². The van der Waals surface area contributed by atoms with Crippen molar-refractivity contribution >= 4 is 17.4 Å². The van der Waals surface area contributed by atoms with E-state index in [0.29, 0.717) is 25.4 Å². The number of pyridine rings is 1. The minimum atomic E-state index is -0.489. The summed E-state index contributed by atoms with van der Waals surface area (Å²) in [4.78, 5) is 28.8. The van der Waals surface area contributed by atoms with Gasteiger partial charge in [0.2, 0.25) is 0 Å². The number of ether oxygens (including phenoxy) is 1. The molecule has 1 aliphatic heterocycles. The lowest BCUT2D eigenvalue weighted by molar-refractivity contribution is -0.384. The van der Waals surface area contributed by atoms with Crippen LogP contribution in [0.1, 0.15) is 18.4 Å². The van der Waals surface area contributed by atoms with Crippen LogP contribution in [0.4, 0.5) is 16.2 Å². The fraction of sp³-hybridized carbons (Fsp3) is 0.333. The molecule has 8 nitrogen and oxygen atoms in total. The Balaban J connectivity index is 1.72. The quantitative estimate of drug-likeness (QED) is 0.633. The van der Waals surface area contributed by atoms with Crippen LogP contribution in [0.2, 0.25) is 0 Å². The molecular weight excluding hydrogens is 336 g/mol. The van der Waals surface area contributed by atoms with Gasteiger partial charge in [-0.1, -0.05) is 6.07 Å². The Morgan fingerprint density at radius 1 is 1.35 bits per heavy atom. The third-order valence-corrected chi connectivity index (χ3v) is 4.17. The van der Waals surface area contributed by atoms with Gasteiger partial charge in [-0.05, 0) is 36.6 Å². The monoisotopic (exact) mass is 356 g/mol. The van der Waals surface area contributed by atoms with Crippen molar-refractivity contribution in [1.82, 2.24) is 9.88 Å². The molecule has 1 saturated heterocycles. The van der Waals surface area contributed by atoms with Crippen LogP contribution in [-0.2, 0) is 11.3 Å². The zero-order valence-electron chi connectivity index (χ0n) is 14.2. The molecule has 0 radical (unpaired) electrons. The van der Waals surface area contributed by atoms with Crippen molar-refractivity contribution < 1.29 is 14.5 Å². The number of nitrogens with one attached hydrogen (secondary N) is 1. The maximum absolute atomic E-state index is 12.8. The van der Waals surface area contributed by atoms with Crippen molar-refractivity contribution in [3.63, 3.8) is 0 Å². The number of anilines is 1. The number of carbonyl (C=O) groups is 1. The number of carbonyl (C=O) groups excluding carboxylic acids is 1. The number of aromatic nitrogens is 1. The van der Waals surface area contributed by atoms with Gasteiger partial charge < -0.3 is 15.0 Å². The number of non-ortho nitro benzene ring substituents is 1. The lowest BCUT2D eigenvalue weighted by Crippen LogP contribution is -2.39. The van der Waals surface area contributed by atoms with E-state index < -0.39 is 4.92 Å². The van der Waals surface area contributed by atoms with Gasteiger partial charge in [0.1, 0.15) is 0 Å². The van der Waals surface area contributed by atoms with Crippen LogP contribution in [0, 0.1) is 10.1 Å². The van der Waals surface area contributed by atoms with Crippen molar-refractivity contribution in [2.45, 2.75) is 25.5 Å². The molecule has 0 spiro atoms. The fourth-order valence-electron chi connectivity index (χ4n) is 2.86. The number of hydrogen-bond donors (Lipinski definition) is 1. The Labute approximate surface area is 150 Å². The summed E-state index contributed by atoms with van der Waals surface area (Å²) in [5, 5.41) is 13.6. The minimum absolute atomic E-state index is 0.00713. The van der Waals surface area contributed by atoms with Crippen LogP contribution >= 0.6 is 0 Å². The number of nitrogens with zero attached hydrogens (tertiary/aromatic N) is 3. The maximum Gasteiger partial charge on any atom is 0.322 e. The molecule has 0 aliphatic carbocycles. The van der Waals surface area contributed by atoms with E-state index in [1.54, 1.807) is 29.4 Å². The Morgan fingerprint density at radius 2 is 2.15 bits per heavy atom. The molecule has 1 unspecified atom stereocenters. The zero-order valence-corrected chi connectivity index (χ0v) is 14.2. The molecule has 1 aliphatic rings. The smallest absolute Gasteiger partial charge is 0.322 e. The molecule has 2 heterocycles. The second kappa shape index (κ2) is 8.39. The molecule has 1 fully saturated rings. The predicted octanol–water partition coefficient (Wildman–Crippen LogP) is 3.20. The van der Waals surface area contributed by atoms with E-state index in [-0.39, 0.29) is 17.8 Å². The fourth-order valence-corrected chi connectivity index (χ4v) is 2.86. The highest BCUT2D eigenvalue weighted by Gasteiger charge is 2.23. The Morgan fingerprint density at radius 3 is 2.85 bits per heavy atom. The molecular formula is C18H20N4O4. The molecule has 136 valence electrons. The van der Waals surface area contributed by atoms with Crippen LogP contribution < -0.4 is 5.32 Å². The number of rotatable bonds is 6. The number of amides is 2. The van der Waals surface area contributed by atoms with Gasteiger partial charge in [0.15, 0.2) is 0 Å². The summed E-state index contributed by atoms with van der Waals surface area (Å²) >= 11 is 0. The van der Waals surface area contributed by atoms with Gasteiger partial charge in [-0.3, -0.25) is 15.1 Å². The lowest BCUT2D eigenvalue weighted by Gasteiger charge is -2.26. The molecule has 2 aromatic rings. The van der Waals surface area contributed by atoms with Crippen LogP contribution in [0.25, 0.3) is 0 Å². The van der Waals surface area contributed by atoms with Gasteiger partial charge in [0, 0.05) is 49.9 Å². The SMILES string of the molecule is O=C(Nc1cccc([N+](=O)[O-])c1)N(Cc1ccncc1)CC1CCCO1. The molecule has 0 bridgehead atoms. The summed E-state index contributed by atoms with van der Waals surface area (Å²) in [5.74, 6) is 0. The number of urea groups is 1. The first-order valence-electron chi connectivity index (χ1n) is 8.43. The highest BCUT2D eigenvalue weighted by Crippen LogP contribution is 2.19. The standard InChI is InChI=1S/C18H20N4O4/c23-18(20-15-3-1-4-16(11-15)22(24)25)21(13-17-5-2-10-26-17)12-14-6-8-19-9-7-14/h1,3-4,6-9,11,17H,2,5,10,12-13H2,(H,20,23). The number of benzene rings is 1. The third-order valence-electron chi connectivity index (χ3n) is 4.17. The van der Waals surface area contributed by atoms with Crippen molar-refractivity contribution in [3.05, 3.63) is 64.5 Å². The van der Waals surface area contributed by atoms with E-state index in [9.17, 15) is 14.9 Å². The molecule has 1 aromatic carbocycles. The molecule has 1 atom stereocenters. The number of hydrogen-bond acceptors (Lipinski definition) is 5. The highest BCUT2D eigenvalue weighted by atomic mass is 16.6.